The number of pyridine rings is 1. The Morgan fingerprint density at radius 1 is 1.12 bits per heavy atom. The molecular formula is C22H19ClN2O. The van der Waals surface area contributed by atoms with E-state index in [1.165, 1.54) is 0 Å². The molecule has 26 heavy (non-hydrogen) atoms. The van der Waals surface area contributed by atoms with Crippen LogP contribution in [-0.4, -0.2) is 16.9 Å². The van der Waals surface area contributed by atoms with E-state index >= 15 is 0 Å². The number of para-hydroxylation sites is 1. The average Bonchev–Trinajstić information content (AvgIpc) is 2.65. The van der Waals surface area contributed by atoms with Gasteiger partial charge in [-0.3, -0.25) is 9.78 Å². The van der Waals surface area contributed by atoms with Crippen LogP contribution in [0.15, 0.2) is 60.8 Å². The van der Waals surface area contributed by atoms with Crippen molar-refractivity contribution in [1.29, 1.82) is 0 Å². The van der Waals surface area contributed by atoms with Gasteiger partial charge in [0.15, 0.2) is 0 Å². The van der Waals surface area contributed by atoms with Crippen molar-refractivity contribution in [2.24, 2.45) is 5.92 Å². The molecule has 1 unspecified atom stereocenters. The zero-order chi connectivity index (χ0) is 18.5. The number of nitrogens with zero attached hydrogens (tertiary/aromatic N) is 1. The maximum absolute atomic E-state index is 12.6. The molecule has 0 aliphatic heterocycles. The molecule has 0 bridgehead atoms. The molecule has 3 nitrogen and oxygen atoms in total. The number of carbonyl (C=O) groups excluding carboxylic acids is 1. The Hall–Kier alpha value is -2.83. The number of aromatic nitrogens is 1. The summed E-state index contributed by atoms with van der Waals surface area (Å²) in [6.07, 6.45) is 1.55. The molecule has 1 amide bonds. The van der Waals surface area contributed by atoms with Crippen LogP contribution < -0.4 is 5.32 Å². The van der Waals surface area contributed by atoms with E-state index in [0.29, 0.717) is 16.1 Å². The van der Waals surface area contributed by atoms with E-state index in [-0.39, 0.29) is 17.9 Å². The smallest absolute Gasteiger partial charge is 0.253 e. The molecule has 1 heterocycles. The number of amides is 1. The molecule has 0 saturated heterocycles. The van der Waals surface area contributed by atoms with Gasteiger partial charge >= 0.3 is 0 Å². The highest BCUT2D eigenvalue weighted by Gasteiger charge is 2.16. The first-order valence-electron chi connectivity index (χ1n) is 8.46. The lowest BCUT2D eigenvalue weighted by atomic mass is 10.0. The van der Waals surface area contributed by atoms with E-state index in [1.54, 1.807) is 18.3 Å². The number of fused-ring (bicyclic) bond motifs is 1. The normalized spacial score (nSPS) is 11.7. The summed E-state index contributed by atoms with van der Waals surface area (Å²) >= 11 is 6.13. The lowest BCUT2D eigenvalue weighted by molar-refractivity contribution is 0.0938. The van der Waals surface area contributed by atoms with Crippen molar-refractivity contribution in [3.63, 3.8) is 0 Å². The van der Waals surface area contributed by atoms with Gasteiger partial charge in [-0.25, -0.2) is 0 Å². The fraction of sp³-hybridized carbons (Fsp3) is 0.182. The van der Waals surface area contributed by atoms with Crippen molar-refractivity contribution in [3.8, 4) is 11.8 Å². The Morgan fingerprint density at radius 2 is 1.88 bits per heavy atom. The van der Waals surface area contributed by atoms with Crippen LogP contribution in [0.3, 0.4) is 0 Å². The molecule has 0 radical (unpaired) electrons. The molecule has 1 aromatic heterocycles. The molecule has 0 fully saturated rings. The first kappa shape index (κ1) is 18.0. The molecule has 0 spiro atoms. The van der Waals surface area contributed by atoms with Gasteiger partial charge in [0, 0.05) is 17.1 Å². The summed E-state index contributed by atoms with van der Waals surface area (Å²) in [4.78, 5) is 17.0. The summed E-state index contributed by atoms with van der Waals surface area (Å²) in [5.74, 6) is 6.27. The first-order chi connectivity index (χ1) is 12.5. The first-order valence-corrected chi connectivity index (χ1v) is 8.84. The molecule has 130 valence electrons. The standard InChI is InChI=1S/C22H19ClN2O/c1-15(2)20(12-11-16-7-4-3-5-8-16)25-22(26)18-13-17-9-6-10-19(23)21(17)24-14-18/h3-10,13-15,20H,1-2H3,(H,25,26). The molecule has 0 aliphatic rings. The predicted octanol–water partition coefficient (Wildman–Crippen LogP) is 4.69. The van der Waals surface area contributed by atoms with Crippen LogP contribution in [0.25, 0.3) is 10.9 Å². The van der Waals surface area contributed by atoms with E-state index in [0.717, 1.165) is 10.9 Å². The van der Waals surface area contributed by atoms with Crippen LogP contribution in [0.5, 0.6) is 0 Å². The van der Waals surface area contributed by atoms with Crippen LogP contribution in [0.4, 0.5) is 0 Å². The third-order valence-corrected chi connectivity index (χ3v) is 4.33. The summed E-state index contributed by atoms with van der Waals surface area (Å²) in [5, 5.41) is 4.40. The van der Waals surface area contributed by atoms with E-state index in [1.807, 2.05) is 56.3 Å². The van der Waals surface area contributed by atoms with Gasteiger partial charge < -0.3 is 5.32 Å². The van der Waals surface area contributed by atoms with Gasteiger partial charge in [0.2, 0.25) is 0 Å². The van der Waals surface area contributed by atoms with Crippen molar-refractivity contribution < 1.29 is 4.79 Å². The molecule has 0 aliphatic carbocycles. The van der Waals surface area contributed by atoms with Crippen LogP contribution in [-0.2, 0) is 0 Å². The minimum atomic E-state index is -0.252. The van der Waals surface area contributed by atoms with Crippen molar-refractivity contribution in [1.82, 2.24) is 10.3 Å². The molecule has 4 heteroatoms. The Bertz CT molecular complexity index is 987. The largest absolute Gasteiger partial charge is 0.338 e. The van der Waals surface area contributed by atoms with Crippen molar-refractivity contribution >= 4 is 28.4 Å². The summed E-state index contributed by atoms with van der Waals surface area (Å²) < 4.78 is 0. The van der Waals surface area contributed by atoms with Crippen LogP contribution in [0.2, 0.25) is 5.02 Å². The van der Waals surface area contributed by atoms with E-state index in [9.17, 15) is 4.79 Å². The molecule has 2 aromatic carbocycles. The van der Waals surface area contributed by atoms with E-state index in [4.69, 9.17) is 11.6 Å². The minimum Gasteiger partial charge on any atom is -0.338 e. The monoisotopic (exact) mass is 362 g/mol. The van der Waals surface area contributed by atoms with Gasteiger partial charge in [0.1, 0.15) is 0 Å². The topological polar surface area (TPSA) is 42.0 Å². The third-order valence-electron chi connectivity index (χ3n) is 4.02. The minimum absolute atomic E-state index is 0.179. The number of carbonyl (C=O) groups is 1. The summed E-state index contributed by atoms with van der Waals surface area (Å²) in [5.41, 5.74) is 2.11. The maximum Gasteiger partial charge on any atom is 0.253 e. The Kier molecular flexibility index (Phi) is 5.55. The van der Waals surface area contributed by atoms with Gasteiger partial charge in [-0.2, -0.15) is 0 Å². The van der Waals surface area contributed by atoms with Gasteiger partial charge in [-0.15, -0.1) is 0 Å². The fourth-order valence-electron chi connectivity index (χ4n) is 2.52. The quantitative estimate of drug-likeness (QED) is 0.686. The van der Waals surface area contributed by atoms with Gasteiger partial charge in [0.05, 0.1) is 22.1 Å². The zero-order valence-electron chi connectivity index (χ0n) is 14.7. The fourth-order valence-corrected chi connectivity index (χ4v) is 2.75. The lowest BCUT2D eigenvalue weighted by Crippen LogP contribution is -2.37. The number of hydrogen-bond donors (Lipinski definition) is 1. The molecule has 1 atom stereocenters. The summed E-state index contributed by atoms with van der Waals surface area (Å²) in [6, 6.07) is 16.8. The number of hydrogen-bond acceptors (Lipinski definition) is 2. The SMILES string of the molecule is CC(C)C(C#Cc1ccccc1)NC(=O)c1cnc2c(Cl)cccc2c1. The molecule has 3 aromatic rings. The number of benzene rings is 2. The average molecular weight is 363 g/mol. The second kappa shape index (κ2) is 8.03. The second-order valence-corrected chi connectivity index (χ2v) is 6.77. The Balaban J connectivity index is 1.81. The third kappa shape index (κ3) is 4.22. The van der Waals surface area contributed by atoms with Crippen LogP contribution >= 0.6 is 11.6 Å². The Morgan fingerprint density at radius 3 is 2.62 bits per heavy atom. The molecular weight excluding hydrogens is 344 g/mol. The number of rotatable bonds is 3. The Labute approximate surface area is 158 Å². The maximum atomic E-state index is 12.6. The van der Waals surface area contributed by atoms with E-state index < -0.39 is 0 Å². The molecule has 1 N–H and O–H groups in total. The zero-order valence-corrected chi connectivity index (χ0v) is 15.4. The van der Waals surface area contributed by atoms with Crippen molar-refractivity contribution in [2.75, 3.05) is 0 Å². The van der Waals surface area contributed by atoms with Crippen molar-refractivity contribution in [3.05, 3.63) is 76.9 Å². The van der Waals surface area contributed by atoms with Crippen LogP contribution in [0.1, 0.15) is 29.8 Å². The van der Waals surface area contributed by atoms with Crippen molar-refractivity contribution in [2.45, 2.75) is 19.9 Å². The summed E-state index contributed by atoms with van der Waals surface area (Å²) in [7, 11) is 0. The molecule has 0 saturated carbocycles. The van der Waals surface area contributed by atoms with E-state index in [2.05, 4.69) is 22.1 Å². The number of halogens is 1. The van der Waals surface area contributed by atoms with Gasteiger partial charge in [0.25, 0.3) is 5.91 Å². The number of nitrogens with one attached hydrogen (secondary N) is 1. The van der Waals surface area contributed by atoms with Crippen LogP contribution in [0, 0.1) is 17.8 Å². The lowest BCUT2D eigenvalue weighted by Gasteiger charge is -2.17. The second-order valence-electron chi connectivity index (χ2n) is 6.37. The van der Waals surface area contributed by atoms with Gasteiger partial charge in [-0.05, 0) is 30.2 Å². The highest BCUT2D eigenvalue weighted by Crippen LogP contribution is 2.21. The highest BCUT2D eigenvalue weighted by atomic mass is 35.5. The van der Waals surface area contributed by atoms with Gasteiger partial charge in [-0.1, -0.05) is 67.6 Å². The predicted molar refractivity (Wildman–Crippen MR) is 106 cm³/mol. The molecule has 3 rings (SSSR count). The highest BCUT2D eigenvalue weighted by molar-refractivity contribution is 6.35. The summed E-state index contributed by atoms with van der Waals surface area (Å²) in [6.45, 7) is 4.06.